The molecule has 1 fully saturated rings. The van der Waals surface area contributed by atoms with Crippen LogP contribution in [0.25, 0.3) is 0 Å². The fourth-order valence-corrected chi connectivity index (χ4v) is 2.32. The van der Waals surface area contributed by atoms with Gasteiger partial charge in [0.05, 0.1) is 12.2 Å². The molecule has 0 bridgehead atoms. The zero-order valence-corrected chi connectivity index (χ0v) is 11.0. The van der Waals surface area contributed by atoms with E-state index in [0.29, 0.717) is 13.1 Å². The Labute approximate surface area is 111 Å². The van der Waals surface area contributed by atoms with Gasteiger partial charge in [-0.2, -0.15) is 0 Å². The number of carboxylic acid groups (broad SMARTS) is 1. The Kier molecular flexibility index (Phi) is 4.17. The van der Waals surface area contributed by atoms with Crippen molar-refractivity contribution in [2.45, 2.75) is 32.1 Å². The van der Waals surface area contributed by atoms with Gasteiger partial charge in [0, 0.05) is 13.1 Å². The lowest BCUT2D eigenvalue weighted by Gasteiger charge is -2.38. The second-order valence-corrected chi connectivity index (χ2v) is 4.96. The third-order valence-corrected chi connectivity index (χ3v) is 3.44. The Morgan fingerprint density at radius 3 is 2.63 bits per heavy atom. The van der Waals surface area contributed by atoms with Gasteiger partial charge in [0.2, 0.25) is 0 Å². The van der Waals surface area contributed by atoms with Crippen LogP contribution in [0.3, 0.4) is 0 Å². The van der Waals surface area contributed by atoms with E-state index in [2.05, 4.69) is 0 Å². The SMILES string of the molecule is CC1CN(C(C)C(=O)O)CC(c2ccc(F)cc2)O1. The number of hydrogen-bond acceptors (Lipinski definition) is 3. The van der Waals surface area contributed by atoms with Gasteiger partial charge in [-0.15, -0.1) is 0 Å². The van der Waals surface area contributed by atoms with Crippen LogP contribution in [0.2, 0.25) is 0 Å². The minimum atomic E-state index is -0.841. The van der Waals surface area contributed by atoms with Crippen LogP contribution >= 0.6 is 0 Å². The van der Waals surface area contributed by atoms with Crippen molar-refractivity contribution in [3.8, 4) is 0 Å². The maximum atomic E-state index is 12.9. The highest BCUT2D eigenvalue weighted by Gasteiger charge is 2.31. The van der Waals surface area contributed by atoms with Crippen LogP contribution in [0.5, 0.6) is 0 Å². The maximum absolute atomic E-state index is 12.9. The molecule has 4 nitrogen and oxygen atoms in total. The van der Waals surface area contributed by atoms with Crippen molar-refractivity contribution < 1.29 is 19.0 Å². The summed E-state index contributed by atoms with van der Waals surface area (Å²) < 4.78 is 18.7. The molecule has 0 spiro atoms. The normalized spacial score (nSPS) is 26.1. The molecule has 1 N–H and O–H groups in total. The number of hydrogen-bond donors (Lipinski definition) is 1. The van der Waals surface area contributed by atoms with Crippen molar-refractivity contribution in [3.63, 3.8) is 0 Å². The van der Waals surface area contributed by atoms with Crippen LogP contribution in [0.4, 0.5) is 4.39 Å². The topological polar surface area (TPSA) is 49.8 Å². The first-order chi connectivity index (χ1) is 8.97. The van der Waals surface area contributed by atoms with E-state index >= 15 is 0 Å². The van der Waals surface area contributed by atoms with Crippen molar-refractivity contribution in [3.05, 3.63) is 35.6 Å². The number of ether oxygens (including phenoxy) is 1. The van der Waals surface area contributed by atoms with Gasteiger partial charge < -0.3 is 9.84 Å². The zero-order chi connectivity index (χ0) is 14.0. The Hall–Kier alpha value is -1.46. The average Bonchev–Trinajstić information content (AvgIpc) is 2.37. The molecular weight excluding hydrogens is 249 g/mol. The van der Waals surface area contributed by atoms with Gasteiger partial charge in [0.15, 0.2) is 0 Å². The van der Waals surface area contributed by atoms with Crippen LogP contribution in [0.1, 0.15) is 25.5 Å². The molecule has 1 aromatic carbocycles. The molecule has 0 aliphatic carbocycles. The summed E-state index contributed by atoms with van der Waals surface area (Å²) in [5.41, 5.74) is 0.871. The summed E-state index contributed by atoms with van der Waals surface area (Å²) in [6, 6.07) is 5.60. The molecule has 1 aromatic rings. The second kappa shape index (κ2) is 5.67. The fraction of sp³-hybridized carbons (Fsp3) is 0.500. The number of nitrogens with zero attached hydrogens (tertiary/aromatic N) is 1. The second-order valence-electron chi connectivity index (χ2n) is 4.96. The third-order valence-electron chi connectivity index (χ3n) is 3.44. The molecule has 1 saturated heterocycles. The van der Waals surface area contributed by atoms with E-state index in [1.807, 2.05) is 11.8 Å². The Balaban J connectivity index is 2.13. The molecule has 3 unspecified atom stereocenters. The van der Waals surface area contributed by atoms with Gasteiger partial charge in [-0.05, 0) is 31.5 Å². The number of carbonyl (C=O) groups is 1. The molecule has 1 aliphatic heterocycles. The quantitative estimate of drug-likeness (QED) is 0.910. The first-order valence-corrected chi connectivity index (χ1v) is 6.35. The van der Waals surface area contributed by atoms with Crippen molar-refractivity contribution in [1.29, 1.82) is 0 Å². The highest BCUT2D eigenvalue weighted by atomic mass is 19.1. The smallest absolute Gasteiger partial charge is 0.320 e. The van der Waals surface area contributed by atoms with Crippen LogP contribution in [0, 0.1) is 5.82 Å². The number of carboxylic acids is 1. The van der Waals surface area contributed by atoms with Crippen molar-refractivity contribution >= 4 is 5.97 Å². The minimum Gasteiger partial charge on any atom is -0.480 e. The van der Waals surface area contributed by atoms with Gasteiger partial charge in [0.1, 0.15) is 11.9 Å². The summed E-state index contributed by atoms with van der Waals surface area (Å²) in [5, 5.41) is 9.08. The van der Waals surface area contributed by atoms with E-state index in [4.69, 9.17) is 9.84 Å². The molecule has 5 heteroatoms. The first kappa shape index (κ1) is 14.0. The van der Waals surface area contributed by atoms with E-state index in [0.717, 1.165) is 5.56 Å². The molecule has 19 heavy (non-hydrogen) atoms. The monoisotopic (exact) mass is 267 g/mol. The van der Waals surface area contributed by atoms with Gasteiger partial charge in [-0.1, -0.05) is 12.1 Å². The summed E-state index contributed by atoms with van der Waals surface area (Å²) in [7, 11) is 0. The predicted octanol–water partition coefficient (Wildman–Crippen LogP) is 2.06. The molecule has 0 aromatic heterocycles. The number of morpholine rings is 1. The van der Waals surface area contributed by atoms with Crippen molar-refractivity contribution in [2.24, 2.45) is 0 Å². The van der Waals surface area contributed by atoms with Crippen LogP contribution in [-0.2, 0) is 9.53 Å². The number of aliphatic carboxylic acids is 1. The lowest BCUT2D eigenvalue weighted by atomic mass is 10.1. The lowest BCUT2D eigenvalue weighted by Crippen LogP contribution is -2.49. The maximum Gasteiger partial charge on any atom is 0.320 e. The Morgan fingerprint density at radius 2 is 2.05 bits per heavy atom. The highest BCUT2D eigenvalue weighted by Crippen LogP contribution is 2.26. The summed E-state index contributed by atoms with van der Waals surface area (Å²) in [6.07, 6.45) is -0.267. The Bertz CT molecular complexity index is 449. The fourth-order valence-electron chi connectivity index (χ4n) is 2.32. The van der Waals surface area contributed by atoms with Gasteiger partial charge >= 0.3 is 5.97 Å². The van der Waals surface area contributed by atoms with Gasteiger partial charge in [0.25, 0.3) is 0 Å². The van der Waals surface area contributed by atoms with E-state index in [9.17, 15) is 9.18 Å². The molecule has 3 atom stereocenters. The minimum absolute atomic E-state index is 0.0504. The number of halogens is 1. The van der Waals surface area contributed by atoms with E-state index in [1.165, 1.54) is 12.1 Å². The highest BCUT2D eigenvalue weighted by molar-refractivity contribution is 5.72. The van der Waals surface area contributed by atoms with E-state index < -0.39 is 12.0 Å². The molecule has 2 rings (SSSR count). The summed E-state index contributed by atoms with van der Waals surface area (Å²) in [6.45, 7) is 4.67. The van der Waals surface area contributed by atoms with Crippen LogP contribution < -0.4 is 0 Å². The van der Waals surface area contributed by atoms with Crippen LogP contribution in [-0.4, -0.2) is 41.2 Å². The predicted molar refractivity (Wildman–Crippen MR) is 68.4 cm³/mol. The summed E-state index contributed by atoms with van der Waals surface area (Å²) in [5.74, 6) is -1.13. The van der Waals surface area contributed by atoms with Crippen LogP contribution in [0.15, 0.2) is 24.3 Å². The van der Waals surface area contributed by atoms with E-state index in [1.54, 1.807) is 19.1 Å². The summed E-state index contributed by atoms with van der Waals surface area (Å²) >= 11 is 0. The Morgan fingerprint density at radius 1 is 1.42 bits per heavy atom. The van der Waals surface area contributed by atoms with E-state index in [-0.39, 0.29) is 18.0 Å². The number of benzene rings is 1. The van der Waals surface area contributed by atoms with Crippen molar-refractivity contribution in [1.82, 2.24) is 4.90 Å². The molecule has 0 radical (unpaired) electrons. The molecule has 104 valence electrons. The zero-order valence-electron chi connectivity index (χ0n) is 11.0. The molecule has 1 aliphatic rings. The average molecular weight is 267 g/mol. The molecular formula is C14H18FNO3. The van der Waals surface area contributed by atoms with Gasteiger partial charge in [-0.3, -0.25) is 9.69 Å². The largest absolute Gasteiger partial charge is 0.480 e. The summed E-state index contributed by atoms with van der Waals surface area (Å²) in [4.78, 5) is 12.9. The molecule has 1 heterocycles. The lowest BCUT2D eigenvalue weighted by molar-refractivity contribution is -0.148. The molecule has 0 amide bonds. The standard InChI is InChI=1S/C14H18FNO3/c1-9-7-16(10(2)14(17)18)8-13(19-9)11-3-5-12(15)6-4-11/h3-6,9-10,13H,7-8H2,1-2H3,(H,17,18). The van der Waals surface area contributed by atoms with Gasteiger partial charge in [-0.25, -0.2) is 4.39 Å². The van der Waals surface area contributed by atoms with Crippen molar-refractivity contribution in [2.75, 3.05) is 13.1 Å². The third kappa shape index (κ3) is 3.30. The number of rotatable bonds is 3. The first-order valence-electron chi connectivity index (χ1n) is 6.35. The molecule has 0 saturated carbocycles.